The van der Waals surface area contributed by atoms with Crippen LogP contribution in [0.1, 0.15) is 25.5 Å². The molecule has 2 heterocycles. The molecule has 0 aromatic carbocycles. The number of ether oxygens (including phenoxy) is 1. The molecule has 1 fully saturated rings. The Labute approximate surface area is 107 Å². The van der Waals surface area contributed by atoms with Crippen LogP contribution >= 0.6 is 0 Å². The number of aromatic nitrogens is 2. The summed E-state index contributed by atoms with van der Waals surface area (Å²) in [6, 6.07) is -0.0449. The van der Waals surface area contributed by atoms with Crippen molar-refractivity contribution >= 4 is 11.5 Å². The molecule has 0 spiro atoms. The molecule has 6 heteroatoms. The molecule has 1 aliphatic rings. The Morgan fingerprint density at radius 3 is 2.83 bits per heavy atom. The lowest BCUT2D eigenvalue weighted by molar-refractivity contribution is 0.0720. The first kappa shape index (κ1) is 13.2. The lowest BCUT2D eigenvalue weighted by Gasteiger charge is -2.36. The summed E-state index contributed by atoms with van der Waals surface area (Å²) < 4.78 is 7.19. The summed E-state index contributed by atoms with van der Waals surface area (Å²) in [6.45, 7) is 6.11. The fourth-order valence-corrected chi connectivity index (χ4v) is 2.40. The van der Waals surface area contributed by atoms with E-state index >= 15 is 0 Å². The van der Waals surface area contributed by atoms with Crippen molar-refractivity contribution in [1.29, 1.82) is 0 Å². The minimum Gasteiger partial charge on any atom is -0.394 e. The quantitative estimate of drug-likeness (QED) is 0.812. The molecule has 1 saturated heterocycles. The molecule has 1 aliphatic heterocycles. The average molecular weight is 254 g/mol. The second kappa shape index (κ2) is 5.16. The van der Waals surface area contributed by atoms with E-state index in [9.17, 15) is 5.11 Å². The predicted molar refractivity (Wildman–Crippen MR) is 70.7 cm³/mol. The van der Waals surface area contributed by atoms with E-state index in [2.05, 4.69) is 23.8 Å². The van der Waals surface area contributed by atoms with Crippen molar-refractivity contribution < 1.29 is 9.84 Å². The summed E-state index contributed by atoms with van der Waals surface area (Å²) in [5.41, 5.74) is 7.83. The standard InChI is InChI=1S/C12H22N4O2/c1-8(2)11-10(13)12(15(3)14-11)16-4-5-18-7-9(16)6-17/h8-9,17H,4-7,13H2,1-3H3. The van der Waals surface area contributed by atoms with Crippen LogP contribution in [0, 0.1) is 0 Å². The smallest absolute Gasteiger partial charge is 0.150 e. The van der Waals surface area contributed by atoms with Crippen LogP contribution in [0.3, 0.4) is 0 Å². The first-order valence-corrected chi connectivity index (χ1v) is 6.33. The molecule has 1 atom stereocenters. The van der Waals surface area contributed by atoms with Crippen molar-refractivity contribution in [2.24, 2.45) is 7.05 Å². The summed E-state index contributed by atoms with van der Waals surface area (Å²) >= 11 is 0. The minimum atomic E-state index is -0.0449. The van der Waals surface area contributed by atoms with E-state index in [1.54, 1.807) is 4.68 Å². The van der Waals surface area contributed by atoms with E-state index in [4.69, 9.17) is 10.5 Å². The monoisotopic (exact) mass is 254 g/mol. The van der Waals surface area contributed by atoms with Gasteiger partial charge >= 0.3 is 0 Å². The van der Waals surface area contributed by atoms with E-state index in [1.165, 1.54) is 0 Å². The maximum Gasteiger partial charge on any atom is 0.150 e. The van der Waals surface area contributed by atoms with Gasteiger partial charge in [0.2, 0.25) is 0 Å². The molecular weight excluding hydrogens is 232 g/mol. The van der Waals surface area contributed by atoms with Crippen LogP contribution in [0.4, 0.5) is 11.5 Å². The van der Waals surface area contributed by atoms with Crippen LogP contribution in [0.2, 0.25) is 0 Å². The largest absolute Gasteiger partial charge is 0.394 e. The van der Waals surface area contributed by atoms with E-state index < -0.39 is 0 Å². The average Bonchev–Trinajstić information content (AvgIpc) is 2.65. The number of hydrogen-bond donors (Lipinski definition) is 2. The molecule has 0 aliphatic carbocycles. The van der Waals surface area contributed by atoms with Gasteiger partial charge in [0.1, 0.15) is 0 Å². The van der Waals surface area contributed by atoms with Gasteiger partial charge < -0.3 is 20.5 Å². The molecule has 0 amide bonds. The SMILES string of the molecule is CC(C)c1nn(C)c(N2CCOCC2CO)c1N. The van der Waals surface area contributed by atoms with Gasteiger partial charge in [-0.3, -0.25) is 4.68 Å². The molecule has 18 heavy (non-hydrogen) atoms. The van der Waals surface area contributed by atoms with Crippen molar-refractivity contribution in [2.45, 2.75) is 25.8 Å². The maximum atomic E-state index is 9.43. The third-order valence-electron chi connectivity index (χ3n) is 3.34. The summed E-state index contributed by atoms with van der Waals surface area (Å²) in [6.07, 6.45) is 0. The van der Waals surface area contributed by atoms with E-state index in [0.29, 0.717) is 24.8 Å². The first-order valence-electron chi connectivity index (χ1n) is 6.33. The number of rotatable bonds is 3. The molecule has 0 saturated carbocycles. The third kappa shape index (κ3) is 2.18. The van der Waals surface area contributed by atoms with Crippen molar-refractivity contribution in [1.82, 2.24) is 9.78 Å². The number of hydrogen-bond acceptors (Lipinski definition) is 5. The minimum absolute atomic E-state index is 0.0449. The zero-order valence-corrected chi connectivity index (χ0v) is 11.3. The molecule has 2 rings (SSSR count). The van der Waals surface area contributed by atoms with E-state index in [0.717, 1.165) is 18.1 Å². The fraction of sp³-hybridized carbons (Fsp3) is 0.750. The highest BCUT2D eigenvalue weighted by molar-refractivity contribution is 5.67. The van der Waals surface area contributed by atoms with Crippen LogP contribution in [0.25, 0.3) is 0 Å². The fourth-order valence-electron chi connectivity index (χ4n) is 2.40. The third-order valence-corrected chi connectivity index (χ3v) is 3.34. The van der Waals surface area contributed by atoms with Crippen molar-refractivity contribution in [2.75, 3.05) is 37.0 Å². The normalized spacial score (nSPS) is 20.7. The van der Waals surface area contributed by atoms with Gasteiger partial charge in [-0.1, -0.05) is 13.8 Å². The van der Waals surface area contributed by atoms with Gasteiger partial charge in [0.15, 0.2) is 5.82 Å². The summed E-state index contributed by atoms with van der Waals surface area (Å²) in [5.74, 6) is 1.18. The maximum absolute atomic E-state index is 9.43. The van der Waals surface area contributed by atoms with Gasteiger partial charge in [-0.2, -0.15) is 5.10 Å². The van der Waals surface area contributed by atoms with Crippen molar-refractivity contribution in [3.05, 3.63) is 5.69 Å². The van der Waals surface area contributed by atoms with Gasteiger partial charge in [-0.25, -0.2) is 0 Å². The lowest BCUT2D eigenvalue weighted by Crippen LogP contribution is -2.48. The van der Waals surface area contributed by atoms with E-state index in [1.807, 2.05) is 7.05 Å². The first-order chi connectivity index (χ1) is 8.56. The lowest BCUT2D eigenvalue weighted by atomic mass is 10.1. The highest BCUT2D eigenvalue weighted by Gasteiger charge is 2.28. The summed E-state index contributed by atoms with van der Waals surface area (Å²) in [4.78, 5) is 2.09. The van der Waals surface area contributed by atoms with Crippen LogP contribution in [-0.2, 0) is 11.8 Å². The Balaban J connectivity index is 2.37. The summed E-state index contributed by atoms with van der Waals surface area (Å²) in [5, 5.41) is 13.9. The second-order valence-corrected chi connectivity index (χ2v) is 5.01. The van der Waals surface area contributed by atoms with Gasteiger partial charge in [0.25, 0.3) is 0 Å². The number of aliphatic hydroxyl groups excluding tert-OH is 1. The Bertz CT molecular complexity index is 416. The number of nitrogens with zero attached hydrogens (tertiary/aromatic N) is 3. The molecule has 1 aromatic rings. The number of morpholine rings is 1. The Morgan fingerprint density at radius 2 is 2.28 bits per heavy atom. The summed E-state index contributed by atoms with van der Waals surface area (Å²) in [7, 11) is 1.89. The van der Waals surface area contributed by atoms with Crippen LogP contribution in [0.15, 0.2) is 0 Å². The number of anilines is 2. The zero-order valence-electron chi connectivity index (χ0n) is 11.3. The zero-order chi connectivity index (χ0) is 13.3. The highest BCUT2D eigenvalue weighted by atomic mass is 16.5. The molecule has 6 nitrogen and oxygen atoms in total. The Hall–Kier alpha value is -1.27. The molecule has 1 aromatic heterocycles. The van der Waals surface area contributed by atoms with Gasteiger partial charge in [-0.05, 0) is 5.92 Å². The highest BCUT2D eigenvalue weighted by Crippen LogP contribution is 2.32. The van der Waals surface area contributed by atoms with Crippen LogP contribution < -0.4 is 10.6 Å². The van der Waals surface area contributed by atoms with Crippen molar-refractivity contribution in [3.8, 4) is 0 Å². The number of aliphatic hydroxyl groups is 1. The number of aryl methyl sites for hydroxylation is 1. The van der Waals surface area contributed by atoms with E-state index in [-0.39, 0.29) is 12.6 Å². The predicted octanol–water partition coefficient (Wildman–Crippen LogP) is 0.323. The van der Waals surface area contributed by atoms with Crippen LogP contribution in [-0.4, -0.2) is 47.3 Å². The van der Waals surface area contributed by atoms with Crippen molar-refractivity contribution in [3.63, 3.8) is 0 Å². The van der Waals surface area contributed by atoms with Gasteiger partial charge in [-0.15, -0.1) is 0 Å². The molecule has 0 bridgehead atoms. The number of nitrogen functional groups attached to an aromatic ring is 1. The number of nitrogens with two attached hydrogens (primary N) is 1. The molecule has 0 radical (unpaired) electrons. The van der Waals surface area contributed by atoms with Gasteiger partial charge in [0, 0.05) is 13.6 Å². The van der Waals surface area contributed by atoms with Gasteiger partial charge in [0.05, 0.1) is 37.2 Å². The second-order valence-electron chi connectivity index (χ2n) is 5.01. The molecule has 1 unspecified atom stereocenters. The Kier molecular flexibility index (Phi) is 3.77. The Morgan fingerprint density at radius 1 is 1.56 bits per heavy atom. The topological polar surface area (TPSA) is 76.5 Å². The molecular formula is C12H22N4O2. The molecule has 3 N–H and O–H groups in total. The molecule has 102 valence electrons. The van der Waals surface area contributed by atoms with Crippen LogP contribution in [0.5, 0.6) is 0 Å².